The lowest BCUT2D eigenvalue weighted by Gasteiger charge is -1.97. The fourth-order valence-electron chi connectivity index (χ4n) is 0.842. The number of nitrogens with one attached hydrogen (secondary N) is 1. The van der Waals surface area contributed by atoms with Crippen molar-refractivity contribution in [2.75, 3.05) is 5.32 Å². The van der Waals surface area contributed by atoms with Crippen LogP contribution in [0.25, 0.3) is 0 Å². The number of nitrogens with zero attached hydrogens (tertiary/aromatic N) is 2. The molecule has 1 amide bonds. The van der Waals surface area contributed by atoms with Crippen molar-refractivity contribution in [1.29, 1.82) is 0 Å². The summed E-state index contributed by atoms with van der Waals surface area (Å²) in [6.45, 7) is 1.10. The predicted octanol–water partition coefficient (Wildman–Crippen LogP) is 1.40. The van der Waals surface area contributed by atoms with Crippen LogP contribution in [0.5, 0.6) is 0 Å². The average Bonchev–Trinajstić information content (AvgIpc) is 2.60. The molecule has 96 valence electrons. The van der Waals surface area contributed by atoms with E-state index in [-0.39, 0.29) is 15.2 Å². The van der Waals surface area contributed by atoms with Crippen molar-refractivity contribution >= 4 is 63.0 Å². The Balaban J connectivity index is 3.13. The van der Waals surface area contributed by atoms with Gasteiger partial charge in [-0.15, -0.1) is 0 Å². The van der Waals surface area contributed by atoms with E-state index in [1.54, 1.807) is 0 Å². The first-order valence-corrected chi connectivity index (χ1v) is 5.85. The minimum absolute atomic E-state index is 0.0688. The average molecular weight is 310 g/mol. The highest BCUT2D eigenvalue weighted by atomic mass is 35.5. The number of amides is 1. The van der Waals surface area contributed by atoms with Crippen molar-refractivity contribution in [2.45, 2.75) is 6.92 Å². The zero-order valence-electron chi connectivity index (χ0n) is 8.77. The van der Waals surface area contributed by atoms with Crippen LogP contribution in [0.4, 0.5) is 5.13 Å². The number of thiazole rings is 1. The number of aromatic nitrogens is 1. The van der Waals surface area contributed by atoms with Gasteiger partial charge in [0.2, 0.25) is 6.41 Å². The summed E-state index contributed by atoms with van der Waals surface area (Å²) in [6.07, 6.45) is 0.393. The van der Waals surface area contributed by atoms with Crippen molar-refractivity contribution in [2.24, 2.45) is 5.16 Å². The van der Waals surface area contributed by atoms with Crippen LogP contribution >= 0.6 is 34.5 Å². The van der Waals surface area contributed by atoms with Crippen molar-refractivity contribution in [1.82, 2.24) is 4.98 Å². The molecule has 0 aromatic carbocycles. The Hall–Kier alpha value is -1.51. The van der Waals surface area contributed by atoms with Crippen LogP contribution in [-0.4, -0.2) is 28.3 Å². The summed E-state index contributed by atoms with van der Waals surface area (Å²) in [4.78, 5) is 40.1. The third kappa shape index (κ3) is 3.76. The zero-order chi connectivity index (χ0) is 13.7. The molecule has 1 rings (SSSR count). The molecule has 1 aromatic rings. The van der Waals surface area contributed by atoms with E-state index in [1.165, 1.54) is 0 Å². The van der Waals surface area contributed by atoms with Gasteiger partial charge in [-0.3, -0.25) is 9.59 Å². The summed E-state index contributed by atoms with van der Waals surface area (Å²) in [5, 5.41) is 4.66. The Morgan fingerprint density at radius 3 is 2.72 bits per heavy atom. The summed E-state index contributed by atoms with van der Waals surface area (Å²) >= 11 is 12.0. The second-order valence-electron chi connectivity index (χ2n) is 2.70. The van der Waals surface area contributed by atoms with E-state index >= 15 is 0 Å². The Morgan fingerprint density at radius 2 is 2.22 bits per heavy atom. The monoisotopic (exact) mass is 309 g/mol. The number of hydrogen-bond acceptors (Lipinski definition) is 7. The first-order chi connectivity index (χ1) is 8.45. The fraction of sp³-hybridized carbons (Fsp3) is 0.125. The van der Waals surface area contributed by atoms with E-state index < -0.39 is 16.9 Å². The van der Waals surface area contributed by atoms with Crippen LogP contribution in [0.1, 0.15) is 12.6 Å². The van der Waals surface area contributed by atoms with Crippen molar-refractivity contribution in [3.05, 3.63) is 10.0 Å². The standard InChI is InChI=1S/C8H5Cl2N3O4S/c1-3(15)17-13-4(6(9)16)5-7(10)18-8(12-5)11-2-14/h2H,1H3,(H,11,12,14)/b13-4+. The highest BCUT2D eigenvalue weighted by Gasteiger charge is 2.21. The molecular formula is C8H5Cl2N3O4S. The zero-order valence-corrected chi connectivity index (χ0v) is 11.1. The maximum atomic E-state index is 11.1. The van der Waals surface area contributed by atoms with Crippen LogP contribution < -0.4 is 5.32 Å². The number of carbonyl (C=O) groups is 3. The highest BCUT2D eigenvalue weighted by Crippen LogP contribution is 2.28. The summed E-state index contributed by atoms with van der Waals surface area (Å²) in [7, 11) is 0. The molecule has 0 aliphatic rings. The van der Waals surface area contributed by atoms with Crippen molar-refractivity contribution < 1.29 is 19.2 Å². The van der Waals surface area contributed by atoms with Gasteiger partial charge in [0.1, 0.15) is 10.0 Å². The first-order valence-electron chi connectivity index (χ1n) is 4.28. The van der Waals surface area contributed by atoms with Crippen molar-refractivity contribution in [3.63, 3.8) is 0 Å². The molecule has 0 radical (unpaired) electrons. The highest BCUT2D eigenvalue weighted by molar-refractivity contribution is 7.20. The van der Waals surface area contributed by atoms with Gasteiger partial charge in [0.15, 0.2) is 10.8 Å². The van der Waals surface area contributed by atoms with E-state index in [4.69, 9.17) is 23.2 Å². The molecule has 0 saturated heterocycles. The number of carbonyl (C=O) groups excluding carboxylic acids is 3. The number of hydrogen-bond donors (Lipinski definition) is 1. The van der Waals surface area contributed by atoms with E-state index in [2.05, 4.69) is 20.3 Å². The largest absolute Gasteiger partial charge is 0.332 e. The third-order valence-electron chi connectivity index (χ3n) is 1.44. The summed E-state index contributed by atoms with van der Waals surface area (Å²) in [6, 6.07) is 0. The minimum atomic E-state index is -0.999. The molecule has 7 nitrogen and oxygen atoms in total. The number of anilines is 1. The van der Waals surface area contributed by atoms with E-state index in [1.807, 2.05) is 0 Å². The molecule has 0 bridgehead atoms. The van der Waals surface area contributed by atoms with Crippen LogP contribution in [0.15, 0.2) is 5.16 Å². The molecular weight excluding hydrogens is 305 g/mol. The fourth-order valence-corrected chi connectivity index (χ4v) is 1.97. The van der Waals surface area contributed by atoms with Crippen LogP contribution in [0.3, 0.4) is 0 Å². The lowest BCUT2D eigenvalue weighted by molar-refractivity contribution is -0.140. The van der Waals surface area contributed by atoms with Gasteiger partial charge < -0.3 is 10.2 Å². The van der Waals surface area contributed by atoms with Gasteiger partial charge in [0.05, 0.1) is 0 Å². The molecule has 1 heterocycles. The minimum Gasteiger partial charge on any atom is -0.318 e. The second-order valence-corrected chi connectivity index (χ2v) is 4.64. The lowest BCUT2D eigenvalue weighted by atomic mass is 10.3. The molecule has 1 N–H and O–H groups in total. The molecule has 0 unspecified atom stereocenters. The number of halogens is 2. The normalized spacial score (nSPS) is 10.9. The molecule has 0 aliphatic carbocycles. The number of oxime groups is 1. The van der Waals surface area contributed by atoms with Gasteiger partial charge in [-0.25, -0.2) is 9.78 Å². The molecule has 0 fully saturated rings. The molecule has 18 heavy (non-hydrogen) atoms. The van der Waals surface area contributed by atoms with E-state index in [0.717, 1.165) is 18.3 Å². The van der Waals surface area contributed by atoms with Gasteiger partial charge in [0.25, 0.3) is 5.24 Å². The maximum absolute atomic E-state index is 11.1. The summed E-state index contributed by atoms with van der Waals surface area (Å²) < 4.78 is 0.0688. The molecule has 10 heteroatoms. The SMILES string of the molecule is CC(=O)O/N=C(/C(=O)Cl)c1nc(NC=O)sc1Cl. The Kier molecular flexibility index (Phi) is 5.20. The van der Waals surface area contributed by atoms with Crippen LogP contribution in [-0.2, 0) is 19.2 Å². The first kappa shape index (κ1) is 14.6. The smallest absolute Gasteiger partial charge is 0.318 e. The van der Waals surface area contributed by atoms with Gasteiger partial charge in [-0.1, -0.05) is 28.1 Å². The molecule has 0 atom stereocenters. The Bertz CT molecular complexity index is 528. The summed E-state index contributed by atoms with van der Waals surface area (Å²) in [5.74, 6) is -0.733. The van der Waals surface area contributed by atoms with Crippen LogP contribution in [0, 0.1) is 0 Å². The van der Waals surface area contributed by atoms with E-state index in [9.17, 15) is 14.4 Å². The molecule has 0 aliphatic heterocycles. The lowest BCUT2D eigenvalue weighted by Crippen LogP contribution is -2.12. The van der Waals surface area contributed by atoms with Crippen LogP contribution in [0.2, 0.25) is 4.34 Å². The van der Waals surface area contributed by atoms with Crippen molar-refractivity contribution in [3.8, 4) is 0 Å². The third-order valence-corrected chi connectivity index (χ3v) is 2.81. The number of rotatable bonds is 5. The topological polar surface area (TPSA) is 97.7 Å². The molecule has 0 saturated carbocycles. The Morgan fingerprint density at radius 1 is 1.56 bits per heavy atom. The van der Waals surface area contributed by atoms with Gasteiger partial charge in [0, 0.05) is 6.92 Å². The van der Waals surface area contributed by atoms with Gasteiger partial charge in [-0.05, 0) is 11.6 Å². The maximum Gasteiger partial charge on any atom is 0.332 e. The molecule has 1 aromatic heterocycles. The van der Waals surface area contributed by atoms with Gasteiger partial charge >= 0.3 is 5.97 Å². The quantitative estimate of drug-likeness (QED) is 0.291. The molecule has 0 spiro atoms. The Labute approximate surface area is 115 Å². The second kappa shape index (κ2) is 6.43. The van der Waals surface area contributed by atoms with E-state index in [0.29, 0.717) is 6.41 Å². The predicted molar refractivity (Wildman–Crippen MR) is 66.0 cm³/mol. The summed E-state index contributed by atoms with van der Waals surface area (Å²) in [5.41, 5.74) is -0.501. The van der Waals surface area contributed by atoms with Gasteiger partial charge in [-0.2, -0.15) is 0 Å².